The number of nitrogens with zero attached hydrogens (tertiary/aromatic N) is 1. The van der Waals surface area contributed by atoms with Crippen LogP contribution in [-0.2, 0) is 4.79 Å². The summed E-state index contributed by atoms with van der Waals surface area (Å²) < 4.78 is 5.71. The predicted octanol–water partition coefficient (Wildman–Crippen LogP) is 2.92. The first-order valence-corrected chi connectivity index (χ1v) is 7.28. The van der Waals surface area contributed by atoms with E-state index in [1.54, 1.807) is 18.3 Å². The Morgan fingerprint density at radius 1 is 1.23 bits per heavy atom. The average molecular weight is 297 g/mol. The molecule has 5 heteroatoms. The van der Waals surface area contributed by atoms with Gasteiger partial charge < -0.3 is 15.8 Å². The maximum absolute atomic E-state index is 11.8. The quantitative estimate of drug-likeness (QED) is 0.909. The Balaban J connectivity index is 1.66. The number of carbonyl (C=O) groups is 1. The first kappa shape index (κ1) is 14.5. The first-order valence-electron chi connectivity index (χ1n) is 7.28. The van der Waals surface area contributed by atoms with Crippen molar-refractivity contribution in [3.05, 3.63) is 47.7 Å². The summed E-state index contributed by atoms with van der Waals surface area (Å²) in [6, 6.07) is 9.37. The van der Waals surface area contributed by atoms with Crippen LogP contribution in [0.3, 0.4) is 0 Å². The fourth-order valence-electron chi connectivity index (χ4n) is 2.03. The average Bonchev–Trinajstić information content (AvgIpc) is 3.24. The number of hydrogen-bond donors (Lipinski definition) is 2. The van der Waals surface area contributed by atoms with Gasteiger partial charge in [-0.15, -0.1) is 0 Å². The molecule has 0 atom stereocenters. The molecule has 2 aromatic rings. The number of rotatable bonds is 4. The second-order valence-electron chi connectivity index (χ2n) is 5.84. The van der Waals surface area contributed by atoms with Crippen molar-refractivity contribution >= 4 is 11.6 Å². The fourth-order valence-corrected chi connectivity index (χ4v) is 2.03. The Labute approximate surface area is 129 Å². The van der Waals surface area contributed by atoms with Crippen molar-refractivity contribution in [3.8, 4) is 11.6 Å². The molecule has 0 bridgehead atoms. The van der Waals surface area contributed by atoms with E-state index >= 15 is 0 Å². The molecule has 3 N–H and O–H groups in total. The molecule has 1 aromatic heterocycles. The summed E-state index contributed by atoms with van der Waals surface area (Å²) >= 11 is 0. The lowest BCUT2D eigenvalue weighted by Crippen LogP contribution is -2.37. The molecular weight excluding hydrogens is 278 g/mol. The SMILES string of the molecule is Cc1ccc(Oc2ccc(NC(=O)C3(N)CC3)cn2)cc1C. The number of carbonyl (C=O) groups excluding carboxylic acids is 1. The van der Waals surface area contributed by atoms with Crippen LogP contribution in [0.4, 0.5) is 5.69 Å². The zero-order chi connectivity index (χ0) is 15.7. The topological polar surface area (TPSA) is 77.2 Å². The molecule has 1 aliphatic rings. The number of ether oxygens (including phenoxy) is 1. The van der Waals surface area contributed by atoms with Crippen LogP contribution in [0.25, 0.3) is 0 Å². The number of amides is 1. The lowest BCUT2D eigenvalue weighted by molar-refractivity contribution is -0.118. The Bertz CT molecular complexity index is 706. The normalized spacial score (nSPS) is 15.2. The van der Waals surface area contributed by atoms with E-state index in [1.165, 1.54) is 11.1 Å². The van der Waals surface area contributed by atoms with Crippen molar-refractivity contribution in [3.63, 3.8) is 0 Å². The molecule has 22 heavy (non-hydrogen) atoms. The molecular formula is C17H19N3O2. The Morgan fingerprint density at radius 2 is 2.00 bits per heavy atom. The van der Waals surface area contributed by atoms with Crippen LogP contribution in [0.15, 0.2) is 36.5 Å². The summed E-state index contributed by atoms with van der Waals surface area (Å²) in [6.07, 6.45) is 3.04. The number of nitrogens with one attached hydrogen (secondary N) is 1. The van der Waals surface area contributed by atoms with Crippen molar-refractivity contribution in [2.24, 2.45) is 5.73 Å². The van der Waals surface area contributed by atoms with E-state index in [0.717, 1.165) is 18.6 Å². The van der Waals surface area contributed by atoms with Crippen molar-refractivity contribution in [1.82, 2.24) is 4.98 Å². The number of anilines is 1. The Kier molecular flexibility index (Phi) is 3.58. The van der Waals surface area contributed by atoms with Gasteiger partial charge in [0, 0.05) is 6.07 Å². The van der Waals surface area contributed by atoms with Gasteiger partial charge in [0.25, 0.3) is 0 Å². The van der Waals surface area contributed by atoms with Crippen LogP contribution in [0, 0.1) is 13.8 Å². The zero-order valence-electron chi connectivity index (χ0n) is 12.7. The molecule has 0 unspecified atom stereocenters. The molecule has 5 nitrogen and oxygen atoms in total. The van der Waals surface area contributed by atoms with Crippen molar-refractivity contribution in [2.75, 3.05) is 5.32 Å². The minimum atomic E-state index is -0.686. The monoisotopic (exact) mass is 297 g/mol. The molecule has 1 amide bonds. The zero-order valence-corrected chi connectivity index (χ0v) is 12.7. The van der Waals surface area contributed by atoms with E-state index < -0.39 is 5.54 Å². The van der Waals surface area contributed by atoms with Crippen LogP contribution in [-0.4, -0.2) is 16.4 Å². The van der Waals surface area contributed by atoms with Crippen LogP contribution in [0.5, 0.6) is 11.6 Å². The van der Waals surface area contributed by atoms with Crippen LogP contribution in [0.1, 0.15) is 24.0 Å². The standard InChI is InChI=1S/C17H19N3O2/c1-11-3-5-14(9-12(11)2)22-15-6-4-13(10-19-15)20-16(21)17(18)7-8-17/h3-6,9-10H,7-8,18H2,1-2H3,(H,20,21). The highest BCUT2D eigenvalue weighted by atomic mass is 16.5. The summed E-state index contributed by atoms with van der Waals surface area (Å²) in [4.78, 5) is 16.1. The van der Waals surface area contributed by atoms with Crippen LogP contribution >= 0.6 is 0 Å². The summed E-state index contributed by atoms with van der Waals surface area (Å²) in [5, 5.41) is 2.77. The minimum Gasteiger partial charge on any atom is -0.439 e. The van der Waals surface area contributed by atoms with E-state index in [2.05, 4.69) is 17.2 Å². The Hall–Kier alpha value is -2.40. The highest BCUT2D eigenvalue weighted by Crippen LogP contribution is 2.33. The van der Waals surface area contributed by atoms with Gasteiger partial charge >= 0.3 is 0 Å². The van der Waals surface area contributed by atoms with Crippen molar-refractivity contribution in [1.29, 1.82) is 0 Å². The van der Waals surface area contributed by atoms with Crippen LogP contribution in [0.2, 0.25) is 0 Å². The molecule has 0 spiro atoms. The third-order valence-corrected chi connectivity index (χ3v) is 3.94. The molecule has 1 fully saturated rings. The van der Waals surface area contributed by atoms with Gasteiger partial charge in [-0.1, -0.05) is 6.07 Å². The molecule has 0 saturated heterocycles. The summed E-state index contributed by atoms with van der Waals surface area (Å²) in [7, 11) is 0. The van der Waals surface area contributed by atoms with E-state index in [0.29, 0.717) is 11.6 Å². The summed E-state index contributed by atoms with van der Waals surface area (Å²) in [5.41, 5.74) is 8.16. The Morgan fingerprint density at radius 3 is 2.59 bits per heavy atom. The molecule has 114 valence electrons. The minimum absolute atomic E-state index is 0.155. The van der Waals surface area contributed by atoms with Crippen LogP contribution < -0.4 is 15.8 Å². The number of aryl methyl sites for hydroxylation is 2. The number of pyridine rings is 1. The number of benzene rings is 1. The van der Waals surface area contributed by atoms with Gasteiger partial charge in [0.2, 0.25) is 11.8 Å². The summed E-state index contributed by atoms with van der Waals surface area (Å²) in [6.45, 7) is 4.09. The van der Waals surface area contributed by atoms with E-state index in [-0.39, 0.29) is 5.91 Å². The predicted molar refractivity (Wildman–Crippen MR) is 85.0 cm³/mol. The number of nitrogens with two attached hydrogens (primary N) is 1. The van der Waals surface area contributed by atoms with Gasteiger partial charge in [-0.3, -0.25) is 4.79 Å². The van der Waals surface area contributed by atoms with Gasteiger partial charge in [0.1, 0.15) is 5.75 Å². The molecule has 0 radical (unpaired) electrons. The van der Waals surface area contributed by atoms with E-state index in [1.807, 2.05) is 25.1 Å². The van der Waals surface area contributed by atoms with E-state index in [4.69, 9.17) is 10.5 Å². The highest BCUT2D eigenvalue weighted by Gasteiger charge is 2.45. The second kappa shape index (κ2) is 5.42. The maximum Gasteiger partial charge on any atom is 0.244 e. The highest BCUT2D eigenvalue weighted by molar-refractivity contribution is 5.99. The maximum atomic E-state index is 11.8. The molecule has 0 aliphatic heterocycles. The number of hydrogen-bond acceptors (Lipinski definition) is 4. The van der Waals surface area contributed by atoms with Crippen molar-refractivity contribution < 1.29 is 9.53 Å². The molecule has 1 aliphatic carbocycles. The molecule has 1 saturated carbocycles. The number of aromatic nitrogens is 1. The van der Waals surface area contributed by atoms with E-state index in [9.17, 15) is 4.79 Å². The third-order valence-electron chi connectivity index (χ3n) is 3.94. The van der Waals surface area contributed by atoms with Gasteiger partial charge in [0.05, 0.1) is 17.4 Å². The van der Waals surface area contributed by atoms with Gasteiger partial charge in [-0.2, -0.15) is 0 Å². The smallest absolute Gasteiger partial charge is 0.244 e. The molecule has 1 aromatic carbocycles. The largest absolute Gasteiger partial charge is 0.439 e. The van der Waals surface area contributed by atoms with Gasteiger partial charge in [0.15, 0.2) is 0 Å². The molecule has 3 rings (SSSR count). The van der Waals surface area contributed by atoms with Gasteiger partial charge in [-0.05, 0) is 56.0 Å². The van der Waals surface area contributed by atoms with Gasteiger partial charge in [-0.25, -0.2) is 4.98 Å². The second-order valence-corrected chi connectivity index (χ2v) is 5.84. The molecule has 1 heterocycles. The first-order chi connectivity index (χ1) is 10.5. The summed E-state index contributed by atoms with van der Waals surface area (Å²) in [5.74, 6) is 1.07. The third kappa shape index (κ3) is 3.09. The fraction of sp³-hybridized carbons (Fsp3) is 0.294. The van der Waals surface area contributed by atoms with Crippen molar-refractivity contribution in [2.45, 2.75) is 32.2 Å². The lowest BCUT2D eigenvalue weighted by Gasteiger charge is -2.11. The lowest BCUT2D eigenvalue weighted by atomic mass is 10.1.